The van der Waals surface area contributed by atoms with Gasteiger partial charge in [0, 0.05) is 19.3 Å². The Bertz CT molecular complexity index is 573. The quantitative estimate of drug-likeness (QED) is 0.532. The highest BCUT2D eigenvalue weighted by atomic mass is 16.5. The largest absolute Gasteiger partial charge is 0.460 e. The molecule has 6 nitrogen and oxygen atoms in total. The van der Waals surface area contributed by atoms with Gasteiger partial charge in [0.25, 0.3) is 5.78 Å². The van der Waals surface area contributed by atoms with Crippen molar-refractivity contribution in [1.82, 2.24) is 0 Å². The molecular weight excluding hydrogens is 296 g/mol. The number of benzene rings is 1. The first-order valence-electron chi connectivity index (χ1n) is 7.95. The smallest absolute Gasteiger partial charge is 0.381 e. The van der Waals surface area contributed by atoms with Crippen LogP contribution in [0.15, 0.2) is 30.3 Å². The summed E-state index contributed by atoms with van der Waals surface area (Å²) in [6.07, 6.45) is 1.65. The molecule has 0 spiro atoms. The molecular formula is C17H23N2O4+. The summed E-state index contributed by atoms with van der Waals surface area (Å²) in [5, 5.41) is 0. The second-order valence-corrected chi connectivity index (χ2v) is 5.72. The molecule has 1 aromatic rings. The van der Waals surface area contributed by atoms with Crippen LogP contribution in [0.1, 0.15) is 25.3 Å². The van der Waals surface area contributed by atoms with Gasteiger partial charge in [-0.15, -0.1) is 0 Å². The molecule has 1 heterocycles. The van der Waals surface area contributed by atoms with Crippen molar-refractivity contribution in [1.29, 1.82) is 0 Å². The molecule has 0 saturated carbocycles. The number of rotatable bonds is 6. The van der Waals surface area contributed by atoms with Crippen molar-refractivity contribution in [3.05, 3.63) is 35.9 Å². The Hall–Kier alpha value is -2.05. The van der Waals surface area contributed by atoms with Gasteiger partial charge in [-0.1, -0.05) is 30.3 Å². The highest BCUT2D eigenvalue weighted by Gasteiger charge is 2.44. The van der Waals surface area contributed by atoms with Gasteiger partial charge in [0.1, 0.15) is 6.04 Å². The van der Waals surface area contributed by atoms with Crippen molar-refractivity contribution in [3.63, 3.8) is 0 Å². The Labute approximate surface area is 135 Å². The van der Waals surface area contributed by atoms with Crippen molar-refractivity contribution < 1.29 is 24.0 Å². The van der Waals surface area contributed by atoms with E-state index in [4.69, 9.17) is 10.5 Å². The van der Waals surface area contributed by atoms with Crippen LogP contribution in [-0.2, 0) is 25.5 Å². The summed E-state index contributed by atoms with van der Waals surface area (Å²) in [7, 11) is 0. The standard InChI is InChI=1S/C17H22N2O4/c1-2-23-17(22)15(20)14-9-6-10-19(14)16(21)13(18)11-12-7-4-3-5-8-12/h3-5,7-8,13-14H,2,6,9-11,18H2,1H3/p+1/t13-,14+/m1/s1. The van der Waals surface area contributed by atoms with E-state index in [1.807, 2.05) is 30.3 Å². The van der Waals surface area contributed by atoms with Crippen LogP contribution in [0.3, 0.4) is 0 Å². The number of nitrogens with two attached hydrogens (primary N) is 1. The van der Waals surface area contributed by atoms with E-state index in [0.717, 1.165) is 12.0 Å². The first-order chi connectivity index (χ1) is 11.0. The van der Waals surface area contributed by atoms with E-state index in [9.17, 15) is 14.4 Å². The fraction of sp³-hybridized carbons (Fsp3) is 0.471. The predicted molar refractivity (Wildman–Crippen MR) is 83.6 cm³/mol. The Morgan fingerprint density at radius 1 is 1.30 bits per heavy atom. The number of likely N-dealkylation sites (tertiary alicyclic amines) is 1. The summed E-state index contributed by atoms with van der Waals surface area (Å²) in [5.41, 5.74) is 7.00. The molecule has 1 fully saturated rings. The molecule has 1 aromatic carbocycles. The van der Waals surface area contributed by atoms with Crippen LogP contribution in [-0.4, -0.2) is 42.9 Å². The van der Waals surface area contributed by atoms with Gasteiger partial charge in [-0.3, -0.25) is 9.69 Å². The fourth-order valence-electron chi connectivity index (χ4n) is 2.97. The fourth-order valence-corrected chi connectivity index (χ4v) is 2.97. The lowest BCUT2D eigenvalue weighted by Gasteiger charge is -2.20. The summed E-state index contributed by atoms with van der Waals surface area (Å²) < 4.78 is 4.76. The molecule has 0 aromatic heterocycles. The number of esters is 1. The van der Waals surface area contributed by atoms with E-state index < -0.39 is 23.8 Å². The number of hydrogen-bond acceptors (Lipinski definition) is 5. The summed E-state index contributed by atoms with van der Waals surface area (Å²) in [4.78, 5) is 36.8. The molecule has 0 aliphatic carbocycles. The van der Waals surface area contributed by atoms with Crippen molar-refractivity contribution in [2.45, 2.75) is 38.3 Å². The summed E-state index contributed by atoms with van der Waals surface area (Å²) in [6, 6.07) is 8.15. The SMILES string of the molecule is CCOC(=O)C(=O)[C@@H]1CCC[NH+]1C(=O)[C@H](N)Cc1ccccc1. The minimum absolute atomic E-state index is 0.147. The summed E-state index contributed by atoms with van der Waals surface area (Å²) in [5.74, 6) is -1.70. The van der Waals surface area contributed by atoms with E-state index in [1.165, 1.54) is 0 Å². The number of ether oxygens (including phenoxy) is 1. The molecule has 3 N–H and O–H groups in total. The number of carbonyl (C=O) groups excluding carboxylic acids is 3. The van der Waals surface area contributed by atoms with Crippen LogP contribution in [0.4, 0.5) is 0 Å². The Morgan fingerprint density at radius 3 is 2.65 bits per heavy atom. The Balaban J connectivity index is 2.02. The predicted octanol–water partition coefficient (Wildman–Crippen LogP) is -0.737. The highest BCUT2D eigenvalue weighted by Crippen LogP contribution is 2.05. The molecule has 6 heteroatoms. The first kappa shape index (κ1) is 17.3. The van der Waals surface area contributed by atoms with Crippen molar-refractivity contribution in [2.75, 3.05) is 13.2 Å². The van der Waals surface area contributed by atoms with Gasteiger partial charge < -0.3 is 10.5 Å². The zero-order valence-corrected chi connectivity index (χ0v) is 13.3. The van der Waals surface area contributed by atoms with Gasteiger partial charge in [-0.2, -0.15) is 0 Å². The van der Waals surface area contributed by atoms with Crippen LogP contribution >= 0.6 is 0 Å². The maximum atomic E-state index is 12.6. The molecule has 3 atom stereocenters. The van der Waals surface area contributed by atoms with Crippen molar-refractivity contribution in [3.8, 4) is 0 Å². The number of hydrogen-bond donors (Lipinski definition) is 2. The maximum Gasteiger partial charge on any atom is 0.381 e. The van der Waals surface area contributed by atoms with Crippen LogP contribution < -0.4 is 10.6 Å². The Kier molecular flexibility index (Phi) is 6.01. The minimum atomic E-state index is -0.860. The molecule has 0 bridgehead atoms. The van der Waals surface area contributed by atoms with Crippen LogP contribution in [0, 0.1) is 0 Å². The lowest BCUT2D eigenvalue weighted by Crippen LogP contribution is -3.18. The third-order valence-electron chi connectivity index (χ3n) is 4.10. The van der Waals surface area contributed by atoms with Gasteiger partial charge in [0.05, 0.1) is 13.2 Å². The number of nitrogens with one attached hydrogen (secondary N) is 1. The number of ketones is 1. The monoisotopic (exact) mass is 319 g/mol. The van der Waals surface area contributed by atoms with Crippen LogP contribution in [0.25, 0.3) is 0 Å². The average molecular weight is 319 g/mol. The van der Waals surface area contributed by atoms with Gasteiger partial charge in [0.15, 0.2) is 6.04 Å². The second kappa shape index (κ2) is 7.99. The van der Waals surface area contributed by atoms with E-state index in [2.05, 4.69) is 0 Å². The summed E-state index contributed by atoms with van der Waals surface area (Å²) in [6.45, 7) is 2.32. The molecule has 1 saturated heterocycles. The maximum absolute atomic E-state index is 12.6. The molecule has 1 aliphatic heterocycles. The van der Waals surface area contributed by atoms with E-state index in [0.29, 0.717) is 24.3 Å². The topological polar surface area (TPSA) is 90.9 Å². The third-order valence-corrected chi connectivity index (χ3v) is 4.10. The number of amides is 1. The molecule has 2 rings (SSSR count). The Morgan fingerprint density at radius 2 is 2.00 bits per heavy atom. The van der Waals surface area contributed by atoms with Crippen molar-refractivity contribution >= 4 is 17.7 Å². The molecule has 0 radical (unpaired) electrons. The second-order valence-electron chi connectivity index (χ2n) is 5.72. The van der Waals surface area contributed by atoms with Gasteiger partial charge in [-0.05, 0) is 12.5 Å². The van der Waals surface area contributed by atoms with Gasteiger partial charge >= 0.3 is 11.9 Å². The molecule has 1 unspecified atom stereocenters. The number of quaternary nitrogens is 1. The van der Waals surface area contributed by atoms with Gasteiger partial charge in [-0.25, -0.2) is 9.59 Å². The van der Waals surface area contributed by atoms with E-state index in [-0.39, 0.29) is 12.5 Å². The molecule has 1 amide bonds. The zero-order valence-electron chi connectivity index (χ0n) is 13.3. The highest BCUT2D eigenvalue weighted by molar-refractivity contribution is 6.35. The third kappa shape index (κ3) is 4.24. The van der Waals surface area contributed by atoms with Crippen LogP contribution in [0.5, 0.6) is 0 Å². The molecule has 124 valence electrons. The average Bonchev–Trinajstić information content (AvgIpc) is 3.04. The first-order valence-corrected chi connectivity index (χ1v) is 7.95. The van der Waals surface area contributed by atoms with Crippen molar-refractivity contribution in [2.24, 2.45) is 5.73 Å². The summed E-state index contributed by atoms with van der Waals surface area (Å²) >= 11 is 0. The number of Topliss-reactive ketones (excluding diaryl/α,β-unsaturated/α-hetero) is 1. The van der Waals surface area contributed by atoms with E-state index in [1.54, 1.807) is 6.92 Å². The zero-order chi connectivity index (χ0) is 16.8. The van der Waals surface area contributed by atoms with Crippen LogP contribution in [0.2, 0.25) is 0 Å². The van der Waals surface area contributed by atoms with Gasteiger partial charge in [0.2, 0.25) is 0 Å². The molecule has 1 aliphatic rings. The normalized spacial score (nSPS) is 21.7. The number of carbonyl (C=O) groups is 3. The minimum Gasteiger partial charge on any atom is -0.460 e. The lowest BCUT2D eigenvalue weighted by molar-refractivity contribution is -0.823. The van der Waals surface area contributed by atoms with E-state index >= 15 is 0 Å². The lowest BCUT2D eigenvalue weighted by atomic mass is 10.0. The molecule has 23 heavy (non-hydrogen) atoms.